The van der Waals surface area contributed by atoms with E-state index in [-0.39, 0.29) is 18.5 Å². The first-order valence-corrected chi connectivity index (χ1v) is 39.1. The second-order valence-corrected chi connectivity index (χ2v) is 27.1. The van der Waals surface area contributed by atoms with Gasteiger partial charge in [0, 0.05) is 12.8 Å². The zero-order valence-corrected chi connectivity index (χ0v) is 59.3. The second kappa shape index (κ2) is 68.7. The van der Waals surface area contributed by atoms with E-state index in [4.69, 9.17) is 14.2 Å². The molecule has 7 atom stereocenters. The Balaban J connectivity index is 1.95. The molecule has 1 rings (SSSR count). The Labute approximate surface area is 560 Å². The van der Waals surface area contributed by atoms with Crippen LogP contribution >= 0.6 is 0 Å². The fourth-order valence-electron chi connectivity index (χ4n) is 12.2. The summed E-state index contributed by atoms with van der Waals surface area (Å²) < 4.78 is 16.8. The smallest absolute Gasteiger partial charge is 0.305 e. The maximum atomic E-state index is 13.1. The predicted molar refractivity (Wildman–Crippen MR) is 384 cm³/mol. The molecule has 11 heteroatoms. The average Bonchev–Trinajstić information content (AvgIpc) is 1.72. The summed E-state index contributed by atoms with van der Waals surface area (Å²) in [5, 5.41) is 54.6. The van der Waals surface area contributed by atoms with Gasteiger partial charge in [-0.1, -0.05) is 331 Å². The molecule has 0 bridgehead atoms. The lowest BCUT2D eigenvalue weighted by Crippen LogP contribution is -2.60. The number of amides is 1. The third kappa shape index (κ3) is 57.3. The Morgan fingerprint density at radius 2 is 0.758 bits per heavy atom. The lowest BCUT2D eigenvalue weighted by molar-refractivity contribution is -0.302. The molecule has 0 aromatic heterocycles. The van der Waals surface area contributed by atoms with Gasteiger partial charge in [-0.2, -0.15) is 0 Å². The Kier molecular flexibility index (Phi) is 65.2. The molecule has 0 aromatic carbocycles. The Hall–Kier alpha value is -2.64. The zero-order valence-electron chi connectivity index (χ0n) is 59.3. The van der Waals surface area contributed by atoms with E-state index in [0.29, 0.717) is 19.4 Å². The van der Waals surface area contributed by atoms with Crippen LogP contribution in [0.3, 0.4) is 0 Å². The minimum atomic E-state index is -1.57. The molecule has 1 fully saturated rings. The molecule has 0 radical (unpaired) electrons. The summed E-state index contributed by atoms with van der Waals surface area (Å²) in [6.45, 7) is 4.32. The largest absolute Gasteiger partial charge is 0.466 e. The third-order valence-electron chi connectivity index (χ3n) is 18.3. The van der Waals surface area contributed by atoms with E-state index in [1.54, 1.807) is 6.08 Å². The van der Waals surface area contributed by atoms with E-state index in [9.17, 15) is 35.1 Å². The first kappa shape index (κ1) is 86.4. The summed E-state index contributed by atoms with van der Waals surface area (Å²) >= 11 is 0. The average molecular weight is 1280 g/mol. The van der Waals surface area contributed by atoms with E-state index >= 15 is 0 Å². The first-order valence-electron chi connectivity index (χ1n) is 39.1. The molecule has 1 amide bonds. The van der Waals surface area contributed by atoms with Crippen molar-refractivity contribution in [3.05, 3.63) is 60.8 Å². The molecule has 532 valence electrons. The number of rotatable bonds is 69. The van der Waals surface area contributed by atoms with Crippen LogP contribution in [0.2, 0.25) is 0 Å². The highest BCUT2D eigenvalue weighted by Crippen LogP contribution is 2.24. The molecule has 6 N–H and O–H groups in total. The number of allylic oxidation sites excluding steroid dienone is 9. The third-order valence-corrected chi connectivity index (χ3v) is 18.3. The number of aliphatic hydroxyl groups excluding tert-OH is 5. The van der Waals surface area contributed by atoms with Gasteiger partial charge in [0.05, 0.1) is 32.0 Å². The quantitative estimate of drug-likeness (QED) is 0.0195. The van der Waals surface area contributed by atoms with E-state index in [0.717, 1.165) is 70.6 Å². The molecule has 1 heterocycles. The van der Waals surface area contributed by atoms with Crippen LogP contribution in [-0.4, -0.2) is 100 Å². The van der Waals surface area contributed by atoms with Gasteiger partial charge in [0.2, 0.25) is 5.91 Å². The molecular weight excluding hydrogens is 1130 g/mol. The number of aliphatic hydroxyl groups is 5. The van der Waals surface area contributed by atoms with E-state index < -0.39 is 49.5 Å². The predicted octanol–water partition coefficient (Wildman–Crippen LogP) is 20.9. The molecule has 11 nitrogen and oxygen atoms in total. The zero-order chi connectivity index (χ0) is 65.8. The fourth-order valence-corrected chi connectivity index (χ4v) is 12.2. The number of hydrogen-bond acceptors (Lipinski definition) is 10. The van der Waals surface area contributed by atoms with Crippen molar-refractivity contribution < 1.29 is 49.3 Å². The molecule has 1 saturated heterocycles. The van der Waals surface area contributed by atoms with Crippen molar-refractivity contribution in [1.29, 1.82) is 0 Å². The van der Waals surface area contributed by atoms with Crippen LogP contribution in [0.15, 0.2) is 60.8 Å². The van der Waals surface area contributed by atoms with Gasteiger partial charge in [-0.25, -0.2) is 0 Å². The van der Waals surface area contributed by atoms with Crippen LogP contribution in [0.5, 0.6) is 0 Å². The molecular formula is C80H147NO10. The maximum absolute atomic E-state index is 13.1. The summed E-state index contributed by atoms with van der Waals surface area (Å²) in [6, 6.07) is -0.810. The van der Waals surface area contributed by atoms with Crippen molar-refractivity contribution in [3.63, 3.8) is 0 Å². The summed E-state index contributed by atoms with van der Waals surface area (Å²) in [4.78, 5) is 25.2. The SMILES string of the molecule is CCC/C=C\C/C=C\CCCCCCCC(=O)OCCCCCCCCCCCCC/C=C\C/C=C\CCCCCCCCCCCCCCCCCCCC(=O)NC(COC1OC(CO)C(O)C(O)C1O)C(O)/C=C/CCCCCCCCCCCCCCC. The van der Waals surface area contributed by atoms with Gasteiger partial charge in [0.25, 0.3) is 0 Å². The Bertz CT molecular complexity index is 1700. The van der Waals surface area contributed by atoms with Crippen LogP contribution in [0.25, 0.3) is 0 Å². The van der Waals surface area contributed by atoms with Crippen LogP contribution in [0, 0.1) is 0 Å². The van der Waals surface area contributed by atoms with Gasteiger partial charge in [-0.05, 0) is 89.9 Å². The highest BCUT2D eigenvalue weighted by atomic mass is 16.7. The number of ether oxygens (including phenoxy) is 3. The van der Waals surface area contributed by atoms with Crippen LogP contribution in [0.4, 0.5) is 0 Å². The van der Waals surface area contributed by atoms with Gasteiger partial charge in [0.1, 0.15) is 24.4 Å². The summed E-state index contributed by atoms with van der Waals surface area (Å²) in [5.74, 6) is -0.182. The molecule has 0 spiro atoms. The number of nitrogens with one attached hydrogen (secondary N) is 1. The maximum Gasteiger partial charge on any atom is 0.305 e. The number of carbonyl (C=O) groups is 2. The van der Waals surface area contributed by atoms with E-state index in [2.05, 4.69) is 67.8 Å². The molecule has 7 unspecified atom stereocenters. The van der Waals surface area contributed by atoms with E-state index in [1.807, 2.05) is 6.08 Å². The second-order valence-electron chi connectivity index (χ2n) is 27.1. The first-order chi connectivity index (χ1) is 44.7. The van der Waals surface area contributed by atoms with Crippen molar-refractivity contribution >= 4 is 11.9 Å². The monoisotopic (exact) mass is 1280 g/mol. The molecule has 1 aliphatic rings. The molecule has 0 saturated carbocycles. The Morgan fingerprint density at radius 3 is 1.15 bits per heavy atom. The van der Waals surface area contributed by atoms with Crippen molar-refractivity contribution in [3.8, 4) is 0 Å². The highest BCUT2D eigenvalue weighted by Gasteiger charge is 2.44. The lowest BCUT2D eigenvalue weighted by Gasteiger charge is -2.40. The van der Waals surface area contributed by atoms with Crippen LogP contribution in [0.1, 0.15) is 373 Å². The molecule has 0 aliphatic carbocycles. The summed E-state index contributed by atoms with van der Waals surface area (Å²) in [7, 11) is 0. The van der Waals surface area contributed by atoms with Gasteiger partial charge < -0.3 is 45.1 Å². The van der Waals surface area contributed by atoms with Crippen molar-refractivity contribution in [2.45, 2.75) is 416 Å². The van der Waals surface area contributed by atoms with Gasteiger partial charge >= 0.3 is 5.97 Å². The number of carbonyl (C=O) groups excluding carboxylic acids is 2. The molecule has 91 heavy (non-hydrogen) atoms. The Morgan fingerprint density at radius 1 is 0.407 bits per heavy atom. The van der Waals surface area contributed by atoms with Crippen LogP contribution in [-0.2, 0) is 23.8 Å². The highest BCUT2D eigenvalue weighted by molar-refractivity contribution is 5.76. The topological polar surface area (TPSA) is 175 Å². The number of hydrogen-bond donors (Lipinski definition) is 6. The van der Waals surface area contributed by atoms with Crippen molar-refractivity contribution in [2.24, 2.45) is 0 Å². The lowest BCUT2D eigenvalue weighted by atomic mass is 9.99. The normalized spacial score (nSPS) is 17.9. The minimum Gasteiger partial charge on any atom is -0.466 e. The standard InChI is InChI=1S/C80H147NO10/c1-3-5-7-9-11-13-15-17-39-43-46-50-54-58-62-66-73(83)72(71-90-80-79(88)78(87)77(86)74(70-82)91-80)81-75(84)67-63-59-55-51-47-44-40-37-35-33-31-29-27-25-23-21-19-18-20-22-24-26-28-30-32-34-36-38-41-45-49-53-57-61-65-69-89-76(85)68-64-60-56-52-48-42-16-14-12-10-8-6-4-2/h8,10,14,16,20,22,26,28,62,66,72-74,77-80,82-83,86-88H,3-7,9,11-13,15,17-19,21,23-25,27,29-61,63-65,67-71H2,1-2H3,(H,81,84)/b10-8-,16-14-,22-20-,28-26-,66-62+. The van der Waals surface area contributed by atoms with Crippen LogP contribution < -0.4 is 5.32 Å². The van der Waals surface area contributed by atoms with Gasteiger partial charge in [-0.15, -0.1) is 0 Å². The molecule has 0 aromatic rings. The van der Waals surface area contributed by atoms with Gasteiger partial charge in [0.15, 0.2) is 6.29 Å². The van der Waals surface area contributed by atoms with Crippen molar-refractivity contribution in [1.82, 2.24) is 5.32 Å². The fraction of sp³-hybridized carbons (Fsp3) is 0.850. The summed E-state index contributed by atoms with van der Waals surface area (Å²) in [5.41, 5.74) is 0. The van der Waals surface area contributed by atoms with E-state index in [1.165, 1.54) is 276 Å². The van der Waals surface area contributed by atoms with Crippen molar-refractivity contribution in [2.75, 3.05) is 19.8 Å². The molecule has 1 aliphatic heterocycles. The number of esters is 1. The number of unbranched alkanes of at least 4 members (excludes halogenated alkanes) is 47. The minimum absolute atomic E-state index is 0.00532. The summed E-state index contributed by atoms with van der Waals surface area (Å²) in [6.07, 6.45) is 82.3. The van der Waals surface area contributed by atoms with Gasteiger partial charge in [-0.3, -0.25) is 9.59 Å².